The smallest absolute Gasteiger partial charge is 0.346 e. The standard InChI is InChI=1S/C20H25N5O4/c1-12-4-6-16(28-12)10-21-19(26)15-5-7-18-22-25(20(27)24(18)9-8-15)11-17-13(2)23-29-14(17)3/h4,6,15H,5,7-11H2,1-3H3,(H,21,26). The molecule has 0 aliphatic carbocycles. The van der Waals surface area contributed by atoms with Crippen LogP contribution in [0.5, 0.6) is 0 Å². The van der Waals surface area contributed by atoms with Crippen LogP contribution in [0, 0.1) is 26.7 Å². The van der Waals surface area contributed by atoms with E-state index >= 15 is 0 Å². The fourth-order valence-corrected chi connectivity index (χ4v) is 3.77. The molecule has 1 aliphatic rings. The van der Waals surface area contributed by atoms with Crippen LogP contribution in [-0.4, -0.2) is 25.4 Å². The van der Waals surface area contributed by atoms with Crippen LogP contribution >= 0.6 is 0 Å². The SMILES string of the molecule is Cc1ccc(CNC(=O)C2CCc3nn(Cc4c(C)noc4C)c(=O)n3CC2)o1. The molecule has 1 atom stereocenters. The van der Waals surface area contributed by atoms with E-state index in [9.17, 15) is 9.59 Å². The minimum atomic E-state index is -0.160. The number of rotatable bonds is 5. The topological polar surface area (TPSA) is 108 Å². The summed E-state index contributed by atoms with van der Waals surface area (Å²) in [4.78, 5) is 25.4. The van der Waals surface area contributed by atoms with Crippen LogP contribution in [0.2, 0.25) is 0 Å². The van der Waals surface area contributed by atoms with Gasteiger partial charge in [-0.15, -0.1) is 0 Å². The van der Waals surface area contributed by atoms with E-state index in [-0.39, 0.29) is 17.5 Å². The Hall–Kier alpha value is -3.10. The van der Waals surface area contributed by atoms with Crippen molar-refractivity contribution >= 4 is 5.91 Å². The van der Waals surface area contributed by atoms with Crippen LogP contribution in [0.25, 0.3) is 0 Å². The molecular weight excluding hydrogens is 374 g/mol. The van der Waals surface area contributed by atoms with Crippen molar-refractivity contribution in [3.63, 3.8) is 0 Å². The van der Waals surface area contributed by atoms with Crippen molar-refractivity contribution < 1.29 is 13.7 Å². The van der Waals surface area contributed by atoms with Gasteiger partial charge in [-0.25, -0.2) is 9.48 Å². The molecule has 9 nitrogen and oxygen atoms in total. The first-order valence-corrected chi connectivity index (χ1v) is 9.83. The summed E-state index contributed by atoms with van der Waals surface area (Å²) in [5.41, 5.74) is 1.49. The van der Waals surface area contributed by atoms with Gasteiger partial charge >= 0.3 is 5.69 Å². The molecule has 3 aromatic rings. The van der Waals surface area contributed by atoms with Crippen LogP contribution in [0.15, 0.2) is 25.9 Å². The van der Waals surface area contributed by atoms with Gasteiger partial charge in [-0.1, -0.05) is 5.16 Å². The molecule has 9 heteroatoms. The van der Waals surface area contributed by atoms with Gasteiger partial charge in [-0.3, -0.25) is 9.36 Å². The first-order valence-electron chi connectivity index (χ1n) is 9.83. The highest BCUT2D eigenvalue weighted by Gasteiger charge is 2.26. The number of hydrogen-bond donors (Lipinski definition) is 1. The first kappa shape index (κ1) is 19.2. The highest BCUT2D eigenvalue weighted by Crippen LogP contribution is 2.19. The van der Waals surface area contributed by atoms with E-state index in [1.807, 2.05) is 32.9 Å². The zero-order valence-corrected chi connectivity index (χ0v) is 16.9. The monoisotopic (exact) mass is 399 g/mol. The average molecular weight is 399 g/mol. The lowest BCUT2D eigenvalue weighted by molar-refractivity contribution is -0.125. The van der Waals surface area contributed by atoms with Gasteiger partial charge in [0, 0.05) is 24.4 Å². The number of furan rings is 1. The second-order valence-electron chi connectivity index (χ2n) is 7.57. The molecule has 154 valence electrons. The van der Waals surface area contributed by atoms with Crippen molar-refractivity contribution in [2.75, 3.05) is 0 Å². The summed E-state index contributed by atoms with van der Waals surface area (Å²) in [6.45, 7) is 6.74. The zero-order chi connectivity index (χ0) is 20.5. The third-order valence-electron chi connectivity index (χ3n) is 5.51. The number of aryl methyl sites for hydroxylation is 4. The molecule has 3 aromatic heterocycles. The summed E-state index contributed by atoms with van der Waals surface area (Å²) in [6, 6.07) is 3.74. The molecule has 1 unspecified atom stereocenters. The predicted octanol–water partition coefficient (Wildman–Crippen LogP) is 1.87. The fourth-order valence-electron chi connectivity index (χ4n) is 3.77. The minimum absolute atomic E-state index is 0.0131. The second kappa shape index (κ2) is 7.73. The Morgan fingerprint density at radius 2 is 2.10 bits per heavy atom. The lowest BCUT2D eigenvalue weighted by Gasteiger charge is -2.13. The number of hydrogen-bond acceptors (Lipinski definition) is 6. The van der Waals surface area contributed by atoms with E-state index in [0.29, 0.717) is 44.7 Å². The summed E-state index contributed by atoms with van der Waals surface area (Å²) in [5, 5.41) is 11.4. The fraction of sp³-hybridized carbons (Fsp3) is 0.500. The molecule has 0 saturated heterocycles. The highest BCUT2D eigenvalue weighted by molar-refractivity contribution is 5.78. The van der Waals surface area contributed by atoms with E-state index in [0.717, 1.165) is 28.6 Å². The van der Waals surface area contributed by atoms with Crippen LogP contribution in [0.4, 0.5) is 0 Å². The molecule has 1 N–H and O–H groups in total. The van der Waals surface area contributed by atoms with Gasteiger partial charge in [0.05, 0.1) is 18.8 Å². The molecule has 0 bridgehead atoms. The zero-order valence-electron chi connectivity index (χ0n) is 16.9. The Labute approximate surface area is 167 Å². The van der Waals surface area contributed by atoms with Gasteiger partial charge in [0.25, 0.3) is 0 Å². The van der Waals surface area contributed by atoms with Gasteiger partial charge in [0.1, 0.15) is 23.1 Å². The highest BCUT2D eigenvalue weighted by atomic mass is 16.5. The van der Waals surface area contributed by atoms with Gasteiger partial charge < -0.3 is 14.3 Å². The predicted molar refractivity (Wildman–Crippen MR) is 103 cm³/mol. The van der Waals surface area contributed by atoms with Crippen LogP contribution < -0.4 is 11.0 Å². The first-order chi connectivity index (χ1) is 13.9. The van der Waals surface area contributed by atoms with Gasteiger partial charge in [-0.2, -0.15) is 5.10 Å². The molecule has 4 heterocycles. The summed E-state index contributed by atoms with van der Waals surface area (Å²) < 4.78 is 13.8. The number of fused-ring (bicyclic) bond motifs is 1. The Kier molecular flexibility index (Phi) is 5.12. The summed E-state index contributed by atoms with van der Waals surface area (Å²) in [5.74, 6) is 2.81. The van der Waals surface area contributed by atoms with E-state index in [1.165, 1.54) is 4.68 Å². The maximum Gasteiger partial charge on any atom is 0.346 e. The number of nitrogens with one attached hydrogen (secondary N) is 1. The van der Waals surface area contributed by atoms with Crippen LogP contribution in [0.1, 0.15) is 47.2 Å². The average Bonchev–Trinajstić information content (AvgIpc) is 3.28. The van der Waals surface area contributed by atoms with Crippen molar-refractivity contribution in [1.82, 2.24) is 24.8 Å². The van der Waals surface area contributed by atoms with Crippen molar-refractivity contribution in [2.24, 2.45) is 5.92 Å². The molecule has 0 fully saturated rings. The molecule has 1 aliphatic heterocycles. The van der Waals surface area contributed by atoms with E-state index in [2.05, 4.69) is 15.6 Å². The lowest BCUT2D eigenvalue weighted by Crippen LogP contribution is -2.31. The van der Waals surface area contributed by atoms with Crippen molar-refractivity contribution in [3.8, 4) is 0 Å². The summed E-state index contributed by atoms with van der Waals surface area (Å²) in [7, 11) is 0. The molecule has 1 amide bonds. The molecule has 0 aromatic carbocycles. The minimum Gasteiger partial charge on any atom is -0.465 e. The number of nitrogens with zero attached hydrogens (tertiary/aromatic N) is 4. The largest absolute Gasteiger partial charge is 0.465 e. The molecule has 0 spiro atoms. The maximum absolute atomic E-state index is 12.8. The van der Waals surface area contributed by atoms with E-state index in [4.69, 9.17) is 8.94 Å². The van der Waals surface area contributed by atoms with Crippen LogP contribution in [0.3, 0.4) is 0 Å². The molecule has 0 saturated carbocycles. The third-order valence-corrected chi connectivity index (χ3v) is 5.51. The Morgan fingerprint density at radius 3 is 2.79 bits per heavy atom. The van der Waals surface area contributed by atoms with E-state index < -0.39 is 0 Å². The normalized spacial score (nSPS) is 16.4. The van der Waals surface area contributed by atoms with Crippen molar-refractivity contribution in [3.05, 3.63) is 57.0 Å². The molecule has 0 radical (unpaired) electrons. The summed E-state index contributed by atoms with van der Waals surface area (Å²) in [6.07, 6.45) is 1.85. The van der Waals surface area contributed by atoms with Gasteiger partial charge in [0.2, 0.25) is 5.91 Å². The lowest BCUT2D eigenvalue weighted by atomic mass is 9.99. The third kappa shape index (κ3) is 3.90. The number of amides is 1. The quantitative estimate of drug-likeness (QED) is 0.702. The second-order valence-corrected chi connectivity index (χ2v) is 7.57. The van der Waals surface area contributed by atoms with E-state index in [1.54, 1.807) is 4.57 Å². The van der Waals surface area contributed by atoms with Crippen molar-refractivity contribution in [1.29, 1.82) is 0 Å². The number of carbonyl (C=O) groups excluding carboxylic acids is 1. The van der Waals surface area contributed by atoms with Gasteiger partial charge in [-0.05, 0) is 45.7 Å². The molecule has 29 heavy (non-hydrogen) atoms. The number of carbonyl (C=O) groups is 1. The number of aromatic nitrogens is 4. The van der Waals surface area contributed by atoms with Gasteiger partial charge in [0.15, 0.2) is 0 Å². The Balaban J connectivity index is 1.41. The molecule has 4 rings (SSSR count). The van der Waals surface area contributed by atoms with Crippen molar-refractivity contribution in [2.45, 2.75) is 59.7 Å². The van der Waals surface area contributed by atoms with Crippen LogP contribution in [-0.2, 0) is 30.8 Å². The Morgan fingerprint density at radius 1 is 1.28 bits per heavy atom. The maximum atomic E-state index is 12.8. The molecular formula is C20H25N5O4. The summed E-state index contributed by atoms with van der Waals surface area (Å²) >= 11 is 0. The Bertz CT molecular complexity index is 1070.